The van der Waals surface area contributed by atoms with Crippen molar-refractivity contribution >= 4 is 45.9 Å². The standard InChI is InChI=1S/C44H55F2N11O6/c1-52-39-29(5-2-7-34(39)57(44(52)61)35-12-13-37(58)50-43(35)60)6-3-23-63-31-14-18-53(19-15-31)26-28-8-10-30(11-9-28)56-27-33(38(51-56)40(45)46)48-42(59)32-25-47-55-20-16-36(49-41(32)55)54-17-4-22-62-24-21-54/h2,5,7,16,20,25,27-28,30-31,35,40H,3-4,6,8-15,17-19,21-24,26H2,1H3,(H,48,59)(H,50,58,60). The zero-order valence-corrected chi connectivity index (χ0v) is 35.6. The van der Waals surface area contributed by atoms with Gasteiger partial charge in [-0.3, -0.25) is 33.5 Å². The average Bonchev–Trinajstić information content (AvgIpc) is 3.89. The van der Waals surface area contributed by atoms with Crippen molar-refractivity contribution in [3.05, 3.63) is 70.2 Å². The fourth-order valence-electron chi connectivity index (χ4n) is 9.89. The number of rotatable bonds is 13. The fourth-order valence-corrected chi connectivity index (χ4v) is 9.89. The second-order valence-corrected chi connectivity index (χ2v) is 17.3. The molecule has 3 saturated heterocycles. The number of anilines is 2. The van der Waals surface area contributed by atoms with Gasteiger partial charge in [-0.2, -0.15) is 10.2 Å². The van der Waals surface area contributed by atoms with Crippen LogP contribution in [0.25, 0.3) is 16.7 Å². The average molecular weight is 872 g/mol. The van der Waals surface area contributed by atoms with Gasteiger partial charge in [0.1, 0.15) is 17.4 Å². The molecule has 0 spiro atoms. The number of piperidine rings is 2. The molecule has 4 aromatic heterocycles. The van der Waals surface area contributed by atoms with Crippen LogP contribution in [0.15, 0.2) is 47.7 Å². The molecular weight excluding hydrogens is 817 g/mol. The number of amides is 3. The molecule has 19 heteroatoms. The predicted molar refractivity (Wildman–Crippen MR) is 229 cm³/mol. The third-order valence-electron chi connectivity index (χ3n) is 13.3. The second kappa shape index (κ2) is 18.7. The molecule has 336 valence electrons. The van der Waals surface area contributed by atoms with Gasteiger partial charge in [-0.25, -0.2) is 23.1 Å². The van der Waals surface area contributed by atoms with Crippen LogP contribution in [-0.2, 0) is 32.5 Å². The summed E-state index contributed by atoms with van der Waals surface area (Å²) in [6.07, 6.45) is 10.3. The first-order valence-electron chi connectivity index (χ1n) is 22.3. The molecule has 4 aliphatic rings. The van der Waals surface area contributed by atoms with E-state index in [2.05, 4.69) is 30.6 Å². The van der Waals surface area contributed by atoms with Crippen LogP contribution in [0.2, 0.25) is 0 Å². The Morgan fingerprint density at radius 1 is 1.02 bits per heavy atom. The van der Waals surface area contributed by atoms with Crippen LogP contribution in [0.4, 0.5) is 20.3 Å². The zero-order valence-electron chi connectivity index (χ0n) is 35.6. The zero-order chi connectivity index (χ0) is 43.6. The minimum atomic E-state index is -2.86. The summed E-state index contributed by atoms with van der Waals surface area (Å²) < 4.78 is 46.7. The number of benzene rings is 1. The number of carbonyl (C=O) groups is 3. The summed E-state index contributed by atoms with van der Waals surface area (Å²) in [7, 11) is 1.72. The molecule has 1 aromatic carbocycles. The summed E-state index contributed by atoms with van der Waals surface area (Å²) >= 11 is 0. The van der Waals surface area contributed by atoms with Crippen LogP contribution in [0.5, 0.6) is 0 Å². The van der Waals surface area contributed by atoms with E-state index in [-0.39, 0.29) is 41.4 Å². The molecule has 17 nitrogen and oxygen atoms in total. The Hall–Kier alpha value is -5.53. The number of hydrogen-bond acceptors (Lipinski definition) is 11. The number of halogens is 2. The number of nitrogens with one attached hydrogen (secondary N) is 2. The molecule has 0 bridgehead atoms. The molecule has 7 heterocycles. The van der Waals surface area contributed by atoms with E-state index in [0.717, 1.165) is 95.0 Å². The predicted octanol–water partition coefficient (Wildman–Crippen LogP) is 4.82. The number of fused-ring (bicyclic) bond motifs is 2. The molecule has 1 atom stereocenters. The Labute approximate surface area is 362 Å². The highest BCUT2D eigenvalue weighted by molar-refractivity contribution is 6.08. The number of ether oxygens (including phenoxy) is 2. The lowest BCUT2D eigenvalue weighted by Crippen LogP contribution is -2.44. The first-order valence-corrected chi connectivity index (χ1v) is 22.3. The SMILES string of the molecule is Cn1c(=O)n(C2CCC(=O)NC2=O)c2cccc(CCCOC3CCN(CC4CCC(n5cc(NC(=O)c6cnn7ccc(N8CCCOCC8)nc67)c(C(F)F)n5)CC4)CC3)c21. The van der Waals surface area contributed by atoms with Gasteiger partial charge in [0.2, 0.25) is 11.8 Å². The van der Waals surface area contributed by atoms with Crippen molar-refractivity contribution in [2.45, 2.75) is 95.2 Å². The summed E-state index contributed by atoms with van der Waals surface area (Å²) in [6, 6.07) is 6.87. The maximum Gasteiger partial charge on any atom is 0.329 e. The lowest BCUT2D eigenvalue weighted by Gasteiger charge is -2.36. The third kappa shape index (κ3) is 9.13. The van der Waals surface area contributed by atoms with Crippen LogP contribution < -0.4 is 21.2 Å². The minimum Gasteiger partial charge on any atom is -0.380 e. The largest absolute Gasteiger partial charge is 0.380 e. The van der Waals surface area contributed by atoms with Crippen molar-refractivity contribution in [1.82, 2.24) is 43.7 Å². The van der Waals surface area contributed by atoms with Crippen LogP contribution in [0, 0.1) is 5.92 Å². The van der Waals surface area contributed by atoms with Crippen LogP contribution in [-0.4, -0.2) is 115 Å². The highest BCUT2D eigenvalue weighted by Gasteiger charge is 2.33. The Bertz CT molecular complexity index is 2510. The third-order valence-corrected chi connectivity index (χ3v) is 13.3. The number of likely N-dealkylation sites (tertiary alicyclic amines) is 1. The van der Waals surface area contributed by atoms with E-state index in [1.807, 2.05) is 24.3 Å². The number of hydrogen-bond donors (Lipinski definition) is 2. The van der Waals surface area contributed by atoms with E-state index >= 15 is 0 Å². The number of aryl methyl sites for hydroxylation is 2. The van der Waals surface area contributed by atoms with Crippen molar-refractivity contribution in [3.63, 3.8) is 0 Å². The molecule has 1 saturated carbocycles. The summed E-state index contributed by atoms with van der Waals surface area (Å²) in [6.45, 7) is 6.22. The molecule has 3 aliphatic heterocycles. The normalized spacial score (nSPS) is 22.0. The highest BCUT2D eigenvalue weighted by atomic mass is 19.3. The van der Waals surface area contributed by atoms with Gasteiger partial charge in [0.25, 0.3) is 12.3 Å². The number of imidazole rings is 1. The first kappa shape index (κ1) is 42.8. The highest BCUT2D eigenvalue weighted by Crippen LogP contribution is 2.36. The molecule has 1 unspecified atom stereocenters. The molecule has 0 radical (unpaired) electrons. The van der Waals surface area contributed by atoms with E-state index in [1.165, 1.54) is 15.3 Å². The van der Waals surface area contributed by atoms with E-state index in [0.29, 0.717) is 55.7 Å². The smallest absolute Gasteiger partial charge is 0.329 e. The van der Waals surface area contributed by atoms with E-state index in [1.54, 1.807) is 28.7 Å². The molecular formula is C44H55F2N11O6. The summed E-state index contributed by atoms with van der Waals surface area (Å²) in [5.41, 5.74) is 2.33. The maximum atomic E-state index is 14.3. The summed E-state index contributed by atoms with van der Waals surface area (Å²) in [5, 5.41) is 13.6. The molecule has 5 aromatic rings. The Balaban J connectivity index is 0.730. The van der Waals surface area contributed by atoms with Crippen LogP contribution in [0.3, 0.4) is 0 Å². The molecule has 63 heavy (non-hydrogen) atoms. The summed E-state index contributed by atoms with van der Waals surface area (Å²) in [4.78, 5) is 60.5. The lowest BCUT2D eigenvalue weighted by atomic mass is 9.85. The van der Waals surface area contributed by atoms with E-state index in [9.17, 15) is 28.0 Å². The van der Waals surface area contributed by atoms with Crippen LogP contribution >= 0.6 is 0 Å². The number of aromatic nitrogens is 7. The molecule has 3 amide bonds. The van der Waals surface area contributed by atoms with Gasteiger partial charge >= 0.3 is 5.69 Å². The Morgan fingerprint density at radius 2 is 1.84 bits per heavy atom. The number of imide groups is 1. The number of carbonyl (C=O) groups excluding carboxylic acids is 3. The number of alkyl halides is 2. The van der Waals surface area contributed by atoms with Gasteiger partial charge < -0.3 is 24.6 Å². The van der Waals surface area contributed by atoms with Gasteiger partial charge in [-0.1, -0.05) is 12.1 Å². The van der Waals surface area contributed by atoms with Gasteiger partial charge in [0, 0.05) is 71.8 Å². The van der Waals surface area contributed by atoms with E-state index in [4.69, 9.17) is 14.5 Å². The van der Waals surface area contributed by atoms with Crippen molar-refractivity contribution in [2.24, 2.45) is 13.0 Å². The topological polar surface area (TPSA) is 175 Å². The van der Waals surface area contributed by atoms with Crippen molar-refractivity contribution < 1.29 is 32.6 Å². The number of para-hydroxylation sites is 1. The molecule has 2 N–H and O–H groups in total. The number of nitrogens with zero attached hydrogens (tertiary/aromatic N) is 9. The van der Waals surface area contributed by atoms with Gasteiger partial charge in [0.05, 0.1) is 41.7 Å². The van der Waals surface area contributed by atoms with Crippen LogP contribution in [0.1, 0.15) is 104 Å². The van der Waals surface area contributed by atoms with Crippen molar-refractivity contribution in [1.29, 1.82) is 0 Å². The van der Waals surface area contributed by atoms with E-state index < -0.39 is 30.0 Å². The fraction of sp³-hybridized carbons (Fsp3) is 0.568. The monoisotopic (exact) mass is 871 g/mol. The Kier molecular flexibility index (Phi) is 12.7. The molecule has 9 rings (SSSR count). The minimum absolute atomic E-state index is 0.00609. The molecule has 1 aliphatic carbocycles. The van der Waals surface area contributed by atoms with Crippen molar-refractivity contribution in [2.75, 3.05) is 62.8 Å². The van der Waals surface area contributed by atoms with Crippen molar-refractivity contribution in [3.8, 4) is 0 Å². The Morgan fingerprint density at radius 3 is 2.63 bits per heavy atom. The lowest BCUT2D eigenvalue weighted by molar-refractivity contribution is -0.135. The quantitative estimate of drug-likeness (QED) is 0.123. The van der Waals surface area contributed by atoms with Gasteiger partial charge in [-0.05, 0) is 87.8 Å². The first-order chi connectivity index (χ1) is 30.6. The summed E-state index contributed by atoms with van der Waals surface area (Å²) in [5.74, 6) is -0.126. The second-order valence-electron chi connectivity index (χ2n) is 17.3. The maximum absolute atomic E-state index is 14.3. The molecule has 4 fully saturated rings. The van der Waals surface area contributed by atoms with Gasteiger partial charge in [-0.15, -0.1) is 0 Å². The van der Waals surface area contributed by atoms with Gasteiger partial charge in [0.15, 0.2) is 11.3 Å².